The van der Waals surface area contributed by atoms with Gasteiger partial charge in [0, 0.05) is 5.25 Å². The number of hydrogen-bond donors (Lipinski definition) is 1. The van der Waals surface area contributed by atoms with Crippen molar-refractivity contribution in [2.45, 2.75) is 50.2 Å². The zero-order valence-corrected chi connectivity index (χ0v) is 15.3. The van der Waals surface area contributed by atoms with Gasteiger partial charge in [-0.1, -0.05) is 0 Å². The topological polar surface area (TPSA) is 0 Å². The molecular weight excluding hydrogens is 304 g/mol. The summed E-state index contributed by atoms with van der Waals surface area (Å²) < 4.78 is 0. The smallest absolute Gasteiger partial charge is 0.00814 e. The fraction of sp³-hybridized carbons (Fsp3) is 1.00. The summed E-state index contributed by atoms with van der Waals surface area (Å²) in [6.07, 6.45) is 11.2. The molecule has 0 aromatic rings. The summed E-state index contributed by atoms with van der Waals surface area (Å²) in [6.45, 7) is 0. The van der Waals surface area contributed by atoms with Crippen LogP contribution in [-0.2, 0) is 0 Å². The van der Waals surface area contributed by atoms with Gasteiger partial charge in [-0.25, -0.2) is 0 Å². The second-order valence-electron chi connectivity index (χ2n) is 9.75. The lowest BCUT2D eigenvalue weighted by Gasteiger charge is -2.54. The van der Waals surface area contributed by atoms with Crippen molar-refractivity contribution in [2.24, 2.45) is 59.2 Å². The van der Waals surface area contributed by atoms with E-state index < -0.39 is 0 Å². The lowest BCUT2D eigenvalue weighted by Crippen LogP contribution is -2.49. The van der Waals surface area contributed by atoms with E-state index in [-0.39, 0.29) is 0 Å². The van der Waals surface area contributed by atoms with Crippen LogP contribution in [0.2, 0.25) is 0 Å². The van der Waals surface area contributed by atoms with Crippen LogP contribution in [0.4, 0.5) is 0 Å². The summed E-state index contributed by atoms with van der Waals surface area (Å²) in [5, 5.41) is 1.05. The van der Waals surface area contributed by atoms with Crippen LogP contribution in [0.5, 0.6) is 0 Å². The van der Waals surface area contributed by atoms with Gasteiger partial charge in [-0.2, -0.15) is 24.4 Å². The fourth-order valence-corrected chi connectivity index (χ4v) is 11.1. The average molecular weight is 335 g/mol. The molecule has 22 heavy (non-hydrogen) atoms. The molecule has 1 saturated heterocycles. The molecule has 1 aliphatic heterocycles. The molecule has 5 saturated carbocycles. The van der Waals surface area contributed by atoms with Crippen LogP contribution in [-0.4, -0.2) is 16.8 Å². The Bertz CT molecular complexity index is 474. The molecule has 0 spiro atoms. The van der Waals surface area contributed by atoms with Crippen LogP contribution >= 0.6 is 24.4 Å². The maximum absolute atomic E-state index is 4.90. The number of thiol groups is 1. The van der Waals surface area contributed by atoms with E-state index in [2.05, 4.69) is 11.8 Å². The molecule has 0 N–H and O–H groups in total. The van der Waals surface area contributed by atoms with Gasteiger partial charge in [-0.3, -0.25) is 0 Å². The Hall–Kier alpha value is 0.700. The normalized spacial score (nSPS) is 64.5. The Morgan fingerprint density at radius 3 is 2.32 bits per heavy atom. The van der Waals surface area contributed by atoms with Gasteiger partial charge < -0.3 is 0 Å². The van der Waals surface area contributed by atoms with E-state index in [0.29, 0.717) is 0 Å². The van der Waals surface area contributed by atoms with E-state index >= 15 is 0 Å². The molecule has 0 radical (unpaired) electrons. The highest BCUT2D eigenvalue weighted by atomic mass is 32.2. The number of thioether (sulfide) groups is 1. The van der Waals surface area contributed by atoms with Crippen molar-refractivity contribution < 1.29 is 0 Å². The second-order valence-corrected chi connectivity index (χ2v) is 11.4. The lowest BCUT2D eigenvalue weighted by atomic mass is 9.53. The summed E-state index contributed by atoms with van der Waals surface area (Å²) in [6, 6.07) is 0. The fourth-order valence-electron chi connectivity index (χ4n) is 8.80. The Morgan fingerprint density at radius 1 is 0.727 bits per heavy atom. The van der Waals surface area contributed by atoms with Gasteiger partial charge in [0.2, 0.25) is 0 Å². The van der Waals surface area contributed by atoms with Gasteiger partial charge in [-0.05, 0) is 116 Å². The van der Waals surface area contributed by atoms with E-state index in [1.165, 1.54) is 11.5 Å². The monoisotopic (exact) mass is 334 g/mol. The number of rotatable bonds is 1. The summed E-state index contributed by atoms with van der Waals surface area (Å²) in [4.78, 5) is 0. The van der Waals surface area contributed by atoms with Crippen LogP contribution in [0.3, 0.4) is 0 Å². The Labute approximate surface area is 145 Å². The first kappa shape index (κ1) is 13.9. The molecule has 0 aromatic carbocycles. The molecule has 6 fully saturated rings. The predicted octanol–water partition coefficient (Wildman–Crippen LogP) is 4.99. The van der Waals surface area contributed by atoms with Crippen molar-refractivity contribution in [1.82, 2.24) is 0 Å². The van der Waals surface area contributed by atoms with Crippen molar-refractivity contribution in [3.05, 3.63) is 0 Å². The van der Waals surface area contributed by atoms with Gasteiger partial charge in [0.15, 0.2) is 0 Å². The third-order valence-electron chi connectivity index (χ3n) is 9.41. The van der Waals surface area contributed by atoms with Crippen molar-refractivity contribution in [2.75, 3.05) is 11.5 Å². The van der Waals surface area contributed by atoms with Gasteiger partial charge in [0.05, 0.1) is 0 Å². The van der Waals surface area contributed by atoms with Crippen LogP contribution in [0.15, 0.2) is 0 Å². The summed E-state index contributed by atoms with van der Waals surface area (Å²) in [7, 11) is 0. The molecular formula is C20H30S2. The van der Waals surface area contributed by atoms with Gasteiger partial charge in [0.1, 0.15) is 0 Å². The first-order valence-corrected chi connectivity index (χ1v) is 11.7. The Morgan fingerprint density at radius 2 is 1.50 bits per heavy atom. The third kappa shape index (κ3) is 1.70. The SMILES string of the molecule is SCC1C2CC3C4CCC(C4)C3CC2CC2C3CC(CS3)C21. The largest absolute Gasteiger partial charge is 0.179 e. The van der Waals surface area contributed by atoms with Crippen LogP contribution in [0.25, 0.3) is 0 Å². The molecule has 11 atom stereocenters. The first-order chi connectivity index (χ1) is 10.8. The predicted molar refractivity (Wildman–Crippen MR) is 97.3 cm³/mol. The molecule has 6 aliphatic rings. The van der Waals surface area contributed by atoms with Crippen molar-refractivity contribution in [1.29, 1.82) is 0 Å². The Balaban J connectivity index is 1.32. The molecule has 4 bridgehead atoms. The highest BCUT2D eigenvalue weighted by Crippen LogP contribution is 2.67. The van der Waals surface area contributed by atoms with E-state index in [4.69, 9.17) is 12.6 Å². The number of fused-ring (bicyclic) bond motifs is 11. The molecule has 2 heteroatoms. The molecule has 0 nitrogen and oxygen atoms in total. The summed E-state index contributed by atoms with van der Waals surface area (Å²) >= 11 is 7.24. The van der Waals surface area contributed by atoms with E-state index in [1.54, 1.807) is 44.9 Å². The van der Waals surface area contributed by atoms with Gasteiger partial charge >= 0.3 is 0 Å². The van der Waals surface area contributed by atoms with Crippen molar-refractivity contribution in [3.8, 4) is 0 Å². The molecule has 122 valence electrons. The van der Waals surface area contributed by atoms with Crippen LogP contribution in [0.1, 0.15) is 44.9 Å². The zero-order valence-electron chi connectivity index (χ0n) is 13.6. The number of hydrogen-bond acceptors (Lipinski definition) is 2. The standard InChI is InChI=1S/C20H30S2/c21-8-18-16-7-15-11-2-1-10(3-11)14(15)4-12(16)5-17-19-6-13(9-22-19)20(17)18/h10-21H,1-9H2. The van der Waals surface area contributed by atoms with E-state index in [1.807, 2.05) is 0 Å². The molecule has 11 unspecified atom stereocenters. The van der Waals surface area contributed by atoms with Gasteiger partial charge in [0.25, 0.3) is 0 Å². The van der Waals surface area contributed by atoms with Gasteiger partial charge in [-0.15, -0.1) is 0 Å². The Kier molecular flexibility index (Phi) is 3.08. The minimum absolute atomic E-state index is 0.989. The lowest BCUT2D eigenvalue weighted by molar-refractivity contribution is -0.0310. The molecule has 5 aliphatic carbocycles. The summed E-state index contributed by atoms with van der Waals surface area (Å²) in [5.41, 5.74) is 0. The second kappa shape index (κ2) is 4.87. The minimum Gasteiger partial charge on any atom is -0.179 e. The minimum atomic E-state index is 0.989. The summed E-state index contributed by atoms with van der Waals surface area (Å²) in [5.74, 6) is 13.7. The first-order valence-electron chi connectivity index (χ1n) is 10.1. The maximum Gasteiger partial charge on any atom is 0.00814 e. The molecule has 0 amide bonds. The zero-order chi connectivity index (χ0) is 14.4. The maximum atomic E-state index is 4.90. The third-order valence-corrected chi connectivity index (χ3v) is 11.4. The van der Waals surface area contributed by atoms with Crippen LogP contribution < -0.4 is 0 Å². The molecule has 0 aromatic heterocycles. The average Bonchev–Trinajstić information content (AvgIpc) is 3.30. The highest BCUT2D eigenvalue weighted by Gasteiger charge is 2.60. The van der Waals surface area contributed by atoms with E-state index in [0.717, 1.165) is 64.4 Å². The molecule has 6 rings (SSSR count). The van der Waals surface area contributed by atoms with E-state index in [9.17, 15) is 0 Å². The quantitative estimate of drug-likeness (QED) is 0.659. The highest BCUT2D eigenvalue weighted by molar-refractivity contribution is 8.00. The van der Waals surface area contributed by atoms with Crippen molar-refractivity contribution >= 4 is 24.4 Å². The molecule has 1 heterocycles. The van der Waals surface area contributed by atoms with Crippen molar-refractivity contribution in [3.63, 3.8) is 0 Å². The van der Waals surface area contributed by atoms with Crippen LogP contribution in [0, 0.1) is 59.2 Å².